The Hall–Kier alpha value is -2.90. The molecule has 0 bridgehead atoms. The maximum atomic E-state index is 11.6. The highest BCUT2D eigenvalue weighted by molar-refractivity contribution is 5.94. The van der Waals surface area contributed by atoms with E-state index in [0.29, 0.717) is 5.75 Å². The first-order chi connectivity index (χ1) is 10.4. The van der Waals surface area contributed by atoms with E-state index in [9.17, 15) is 14.7 Å². The van der Waals surface area contributed by atoms with Crippen molar-refractivity contribution in [3.63, 3.8) is 0 Å². The zero-order valence-electron chi connectivity index (χ0n) is 12.5. The van der Waals surface area contributed by atoms with E-state index in [2.05, 4.69) is 10.2 Å². The monoisotopic (exact) mass is 307 g/mol. The normalized spacial score (nSPS) is 12.0. The van der Waals surface area contributed by atoms with Crippen LogP contribution in [0.3, 0.4) is 0 Å². The molecule has 0 unspecified atom stereocenters. The molecule has 0 aliphatic heterocycles. The summed E-state index contributed by atoms with van der Waals surface area (Å²) in [6, 6.07) is 4.33. The van der Waals surface area contributed by atoms with Crippen LogP contribution >= 0.6 is 0 Å². The van der Waals surface area contributed by atoms with Gasteiger partial charge in [0.1, 0.15) is 17.2 Å². The van der Waals surface area contributed by atoms with Gasteiger partial charge in [-0.2, -0.15) is 0 Å². The number of benzene rings is 1. The molecule has 0 heterocycles. The van der Waals surface area contributed by atoms with E-state index in [1.165, 1.54) is 32.2 Å². The van der Waals surface area contributed by atoms with Crippen LogP contribution in [0.4, 0.5) is 5.69 Å². The van der Waals surface area contributed by atoms with Crippen molar-refractivity contribution < 1.29 is 24.2 Å². The molecular formula is C14H17N3O5. The number of nitrogens with two attached hydrogens (primary N) is 1. The van der Waals surface area contributed by atoms with E-state index in [0.717, 1.165) is 0 Å². The third kappa shape index (κ3) is 4.30. The number of aliphatic hydroxyl groups excluding tert-OH is 1. The molecule has 1 aromatic rings. The number of methoxy groups -OCH3 is 1. The molecule has 22 heavy (non-hydrogen) atoms. The van der Waals surface area contributed by atoms with Crippen LogP contribution in [0, 0.1) is 0 Å². The van der Waals surface area contributed by atoms with Crippen LogP contribution in [0.2, 0.25) is 0 Å². The molecule has 1 amide bonds. The number of ether oxygens (including phenoxy) is 2. The maximum absolute atomic E-state index is 11.6. The Labute approximate surface area is 127 Å². The molecule has 1 aromatic carbocycles. The van der Waals surface area contributed by atoms with Crippen LogP contribution in [0.25, 0.3) is 0 Å². The van der Waals surface area contributed by atoms with Crippen LogP contribution in [-0.2, 0) is 9.53 Å². The number of carbonyl (C=O) groups excluding carboxylic acids is 2. The number of carbonyl (C=O) groups is 2. The minimum Gasteiger partial charge on any atom is -0.510 e. The molecule has 0 spiro atoms. The minimum absolute atomic E-state index is 0.131. The van der Waals surface area contributed by atoms with Crippen LogP contribution in [0.1, 0.15) is 24.2 Å². The standard InChI is InChI=1S/C14H17N3O5/c1-4-22-14(20)12(8(2)18)17-16-10-7-9(13(15)19)5-6-11(10)21-3/h5-7,18H,4H2,1-3H3,(H2,15,19)/b12-8+,17-16?. The lowest BCUT2D eigenvalue weighted by atomic mass is 10.2. The second kappa shape index (κ2) is 7.77. The smallest absolute Gasteiger partial charge is 0.362 e. The molecule has 0 fully saturated rings. The van der Waals surface area contributed by atoms with Gasteiger partial charge >= 0.3 is 5.97 Å². The summed E-state index contributed by atoms with van der Waals surface area (Å²) < 4.78 is 9.84. The fourth-order valence-corrected chi connectivity index (χ4v) is 1.49. The lowest BCUT2D eigenvalue weighted by molar-refractivity contribution is -0.138. The predicted octanol–water partition coefficient (Wildman–Crippen LogP) is 2.23. The number of allylic oxidation sites excluding steroid dienone is 1. The number of rotatable bonds is 6. The maximum Gasteiger partial charge on any atom is 0.362 e. The summed E-state index contributed by atoms with van der Waals surface area (Å²) in [5.74, 6) is -1.46. The predicted molar refractivity (Wildman–Crippen MR) is 78.0 cm³/mol. The van der Waals surface area contributed by atoms with E-state index in [1.54, 1.807) is 6.92 Å². The minimum atomic E-state index is -0.809. The average Bonchev–Trinajstić information content (AvgIpc) is 2.47. The van der Waals surface area contributed by atoms with E-state index in [1.807, 2.05) is 0 Å². The van der Waals surface area contributed by atoms with Crippen LogP contribution < -0.4 is 10.5 Å². The Morgan fingerprint density at radius 2 is 2.05 bits per heavy atom. The molecule has 8 nitrogen and oxygen atoms in total. The Morgan fingerprint density at radius 1 is 1.36 bits per heavy atom. The number of amides is 1. The quantitative estimate of drug-likeness (QED) is 0.361. The van der Waals surface area contributed by atoms with E-state index < -0.39 is 11.9 Å². The average molecular weight is 307 g/mol. The number of primary amides is 1. The number of aliphatic hydroxyl groups is 1. The molecule has 1 rings (SSSR count). The summed E-state index contributed by atoms with van der Waals surface area (Å²) in [5, 5.41) is 17.0. The van der Waals surface area contributed by atoms with Gasteiger partial charge in [0.05, 0.1) is 13.7 Å². The molecule has 0 saturated carbocycles. The molecule has 3 N–H and O–H groups in total. The van der Waals surface area contributed by atoms with Crippen molar-refractivity contribution in [2.45, 2.75) is 13.8 Å². The Morgan fingerprint density at radius 3 is 2.55 bits per heavy atom. The lowest BCUT2D eigenvalue weighted by Gasteiger charge is -2.06. The third-order valence-corrected chi connectivity index (χ3v) is 2.53. The highest BCUT2D eigenvalue weighted by atomic mass is 16.5. The Bertz CT molecular complexity index is 633. The van der Waals surface area contributed by atoms with Gasteiger partial charge in [0.15, 0.2) is 0 Å². The van der Waals surface area contributed by atoms with Crippen molar-refractivity contribution in [2.24, 2.45) is 16.0 Å². The first-order valence-electron chi connectivity index (χ1n) is 6.37. The van der Waals surface area contributed by atoms with Crippen molar-refractivity contribution in [3.8, 4) is 5.75 Å². The molecule has 0 saturated heterocycles. The third-order valence-electron chi connectivity index (χ3n) is 2.53. The van der Waals surface area contributed by atoms with Gasteiger partial charge in [-0.1, -0.05) is 0 Å². The summed E-state index contributed by atoms with van der Waals surface area (Å²) in [7, 11) is 1.41. The van der Waals surface area contributed by atoms with Crippen molar-refractivity contribution >= 4 is 17.6 Å². The van der Waals surface area contributed by atoms with Gasteiger partial charge in [-0.05, 0) is 32.0 Å². The Kier molecular flexibility index (Phi) is 6.06. The topological polar surface area (TPSA) is 124 Å². The van der Waals surface area contributed by atoms with Gasteiger partial charge in [-0.3, -0.25) is 4.79 Å². The summed E-state index contributed by atoms with van der Waals surface area (Å²) in [6.07, 6.45) is 0. The number of esters is 1. The second-order valence-corrected chi connectivity index (χ2v) is 4.11. The van der Waals surface area contributed by atoms with Gasteiger partial charge in [-0.25, -0.2) is 4.79 Å². The first kappa shape index (κ1) is 17.2. The van der Waals surface area contributed by atoms with Crippen molar-refractivity contribution in [3.05, 3.63) is 35.2 Å². The van der Waals surface area contributed by atoms with E-state index in [-0.39, 0.29) is 29.3 Å². The highest BCUT2D eigenvalue weighted by Gasteiger charge is 2.15. The molecule has 0 aromatic heterocycles. The molecule has 0 radical (unpaired) electrons. The van der Waals surface area contributed by atoms with Gasteiger partial charge in [0, 0.05) is 5.56 Å². The van der Waals surface area contributed by atoms with E-state index in [4.69, 9.17) is 15.2 Å². The van der Waals surface area contributed by atoms with Crippen LogP contribution in [-0.4, -0.2) is 30.7 Å². The van der Waals surface area contributed by atoms with E-state index >= 15 is 0 Å². The van der Waals surface area contributed by atoms with Gasteiger partial charge in [-0.15, -0.1) is 10.2 Å². The summed E-state index contributed by atoms with van der Waals surface area (Å²) in [4.78, 5) is 22.8. The van der Waals surface area contributed by atoms with Crippen molar-refractivity contribution in [1.82, 2.24) is 0 Å². The lowest BCUT2D eigenvalue weighted by Crippen LogP contribution is -2.10. The van der Waals surface area contributed by atoms with Gasteiger partial charge in [0.25, 0.3) is 0 Å². The van der Waals surface area contributed by atoms with Crippen LogP contribution in [0.5, 0.6) is 5.75 Å². The highest BCUT2D eigenvalue weighted by Crippen LogP contribution is 2.29. The fourth-order valence-electron chi connectivity index (χ4n) is 1.49. The fraction of sp³-hybridized carbons (Fsp3) is 0.286. The second-order valence-electron chi connectivity index (χ2n) is 4.11. The first-order valence-corrected chi connectivity index (χ1v) is 6.37. The SMILES string of the molecule is CCOC(=O)/C(N=Nc1cc(C(N)=O)ccc1OC)=C(/C)O. The zero-order valence-corrected chi connectivity index (χ0v) is 12.5. The summed E-state index contributed by atoms with van der Waals surface area (Å²) >= 11 is 0. The number of hydrogen-bond donors (Lipinski definition) is 2. The molecular weight excluding hydrogens is 290 g/mol. The number of nitrogens with zero attached hydrogens (tertiary/aromatic N) is 2. The van der Waals surface area contributed by atoms with Crippen molar-refractivity contribution in [1.29, 1.82) is 0 Å². The molecule has 0 aliphatic rings. The molecule has 0 atom stereocenters. The van der Waals surface area contributed by atoms with Gasteiger partial charge < -0.3 is 20.3 Å². The Balaban J connectivity index is 3.20. The largest absolute Gasteiger partial charge is 0.510 e. The number of hydrogen-bond acceptors (Lipinski definition) is 7. The summed E-state index contributed by atoms with van der Waals surface area (Å²) in [6.45, 7) is 3.03. The van der Waals surface area contributed by atoms with Crippen molar-refractivity contribution in [2.75, 3.05) is 13.7 Å². The molecule has 118 valence electrons. The molecule has 0 aliphatic carbocycles. The summed E-state index contributed by atoms with van der Waals surface area (Å²) in [5.41, 5.74) is 5.24. The molecule has 8 heteroatoms. The van der Waals surface area contributed by atoms with Gasteiger partial charge in [0.2, 0.25) is 11.6 Å². The number of azo groups is 1. The van der Waals surface area contributed by atoms with Crippen LogP contribution in [0.15, 0.2) is 39.9 Å². The zero-order chi connectivity index (χ0) is 16.7.